The number of hydrogen-bond donors (Lipinski definition) is 0. The number of halogens is 1. The summed E-state index contributed by atoms with van der Waals surface area (Å²) in [5.74, 6) is -2.03. The molecular formula is C19H19FN2O2. The first-order valence-electron chi connectivity index (χ1n) is 8.49. The van der Waals surface area contributed by atoms with Crippen LogP contribution >= 0.6 is 0 Å². The summed E-state index contributed by atoms with van der Waals surface area (Å²) in [6.45, 7) is 1.79. The van der Waals surface area contributed by atoms with Crippen LogP contribution in [0, 0.1) is 0 Å². The van der Waals surface area contributed by atoms with Gasteiger partial charge in [-0.25, -0.2) is 14.4 Å². The highest BCUT2D eigenvalue weighted by molar-refractivity contribution is 6.28. The van der Waals surface area contributed by atoms with E-state index in [4.69, 9.17) is 1.37 Å². The fourth-order valence-corrected chi connectivity index (χ4v) is 2.70. The lowest BCUT2D eigenvalue weighted by Gasteiger charge is -2.27. The van der Waals surface area contributed by atoms with Crippen LogP contribution in [0.1, 0.15) is 27.5 Å². The molecule has 0 radical (unpaired) electrons. The number of para-hydroxylation sites is 2. The molecule has 0 spiro atoms. The molecule has 0 saturated carbocycles. The number of rotatable bonds is 5. The van der Waals surface area contributed by atoms with Gasteiger partial charge in [0.1, 0.15) is 0 Å². The maximum atomic E-state index is 15.6. The normalized spacial score (nSPS) is 18.7. The van der Waals surface area contributed by atoms with Crippen LogP contribution in [0.2, 0.25) is 0 Å². The van der Waals surface area contributed by atoms with Crippen LogP contribution in [0.25, 0.3) is 0 Å². The summed E-state index contributed by atoms with van der Waals surface area (Å²) in [6.07, 6.45) is -0.812. The third-order valence-electron chi connectivity index (χ3n) is 3.92. The number of hydrazine groups is 1. The largest absolute Gasteiger partial charge is 0.293 e. The van der Waals surface area contributed by atoms with Crippen LogP contribution < -0.4 is 10.0 Å². The standard InChI is InChI=1S/C19H19FN2O2/c1-2-3-14-19(20)17(23)21(15-10-6-4-7-11-15)22(18(19)24)16-12-8-5-9-13-16/h4-13H,2-3,14H2,1H3/i14D. The number of nitrogens with zero attached hydrogens (tertiary/aromatic N) is 2. The second-order valence-corrected chi connectivity index (χ2v) is 5.61. The Hall–Kier alpha value is -2.69. The fraction of sp³-hybridized carbons (Fsp3) is 0.263. The quantitative estimate of drug-likeness (QED) is 0.782. The summed E-state index contributed by atoms with van der Waals surface area (Å²) in [5, 5.41) is 2.07. The number of amides is 2. The smallest absolute Gasteiger partial charge is 0.268 e. The summed E-state index contributed by atoms with van der Waals surface area (Å²) in [4.78, 5) is 25.8. The molecule has 0 aromatic heterocycles. The SMILES string of the molecule is [2H]C(CCC)C1(F)C(=O)N(c2ccccc2)N(c2ccccc2)C1=O. The van der Waals surface area contributed by atoms with Gasteiger partial charge < -0.3 is 0 Å². The third kappa shape index (κ3) is 2.56. The van der Waals surface area contributed by atoms with E-state index >= 15 is 4.39 Å². The van der Waals surface area contributed by atoms with E-state index in [1.165, 1.54) is 0 Å². The number of hydrogen-bond acceptors (Lipinski definition) is 2. The number of carbonyl (C=O) groups excluding carboxylic acids is 2. The second-order valence-electron chi connectivity index (χ2n) is 5.61. The van der Waals surface area contributed by atoms with E-state index in [1.54, 1.807) is 67.6 Å². The average molecular weight is 327 g/mol. The molecule has 5 heteroatoms. The van der Waals surface area contributed by atoms with Crippen LogP contribution in [0.15, 0.2) is 60.7 Å². The predicted octanol–water partition coefficient (Wildman–Crippen LogP) is 3.88. The lowest BCUT2D eigenvalue weighted by Crippen LogP contribution is -2.41. The molecule has 1 atom stereocenters. The fourth-order valence-electron chi connectivity index (χ4n) is 2.70. The zero-order valence-electron chi connectivity index (χ0n) is 14.4. The van der Waals surface area contributed by atoms with Gasteiger partial charge in [0.15, 0.2) is 0 Å². The van der Waals surface area contributed by atoms with Crippen molar-refractivity contribution in [1.29, 1.82) is 0 Å². The van der Waals surface area contributed by atoms with Crippen molar-refractivity contribution in [1.82, 2.24) is 0 Å². The molecule has 2 aromatic rings. The minimum Gasteiger partial charge on any atom is -0.268 e. The van der Waals surface area contributed by atoms with Crippen molar-refractivity contribution in [3.8, 4) is 0 Å². The Morgan fingerprint density at radius 3 is 1.71 bits per heavy atom. The molecule has 0 aliphatic carbocycles. The van der Waals surface area contributed by atoms with E-state index in [1.807, 2.05) is 0 Å². The lowest BCUT2D eigenvalue weighted by atomic mass is 9.98. The molecule has 4 nitrogen and oxygen atoms in total. The summed E-state index contributed by atoms with van der Waals surface area (Å²) in [7, 11) is 0. The Labute approximate surface area is 141 Å². The Morgan fingerprint density at radius 1 is 0.917 bits per heavy atom. The van der Waals surface area contributed by atoms with E-state index in [0.717, 1.165) is 10.0 Å². The highest BCUT2D eigenvalue weighted by Crippen LogP contribution is 2.38. The third-order valence-corrected chi connectivity index (χ3v) is 3.92. The molecule has 1 saturated heterocycles. The predicted molar refractivity (Wildman–Crippen MR) is 91.2 cm³/mol. The summed E-state index contributed by atoms with van der Waals surface area (Å²) >= 11 is 0. The van der Waals surface area contributed by atoms with Gasteiger partial charge in [-0.3, -0.25) is 9.59 Å². The Morgan fingerprint density at radius 2 is 1.33 bits per heavy atom. The molecule has 0 N–H and O–H groups in total. The average Bonchev–Trinajstić information content (AvgIpc) is 2.85. The van der Waals surface area contributed by atoms with Gasteiger partial charge in [-0.1, -0.05) is 49.7 Å². The zero-order chi connectivity index (χ0) is 18.0. The minimum atomic E-state index is -2.89. The van der Waals surface area contributed by atoms with Gasteiger partial charge in [0.25, 0.3) is 17.5 Å². The Kier molecular flexibility index (Phi) is 3.99. The molecule has 1 heterocycles. The van der Waals surface area contributed by atoms with Crippen molar-refractivity contribution >= 4 is 23.2 Å². The highest BCUT2D eigenvalue weighted by Gasteiger charge is 2.60. The molecule has 2 amide bonds. The molecule has 1 unspecified atom stereocenters. The Balaban J connectivity index is 2.13. The van der Waals surface area contributed by atoms with Crippen molar-refractivity contribution in [2.75, 3.05) is 10.0 Å². The van der Waals surface area contributed by atoms with Crippen molar-refractivity contribution < 1.29 is 15.4 Å². The summed E-state index contributed by atoms with van der Waals surface area (Å²) in [5.41, 5.74) is -2.12. The van der Waals surface area contributed by atoms with Crippen LogP contribution in [0.5, 0.6) is 0 Å². The molecule has 1 aliphatic rings. The van der Waals surface area contributed by atoms with E-state index in [-0.39, 0.29) is 6.42 Å². The number of alkyl halides is 1. The first-order chi connectivity index (χ1) is 12.0. The topological polar surface area (TPSA) is 40.6 Å². The van der Waals surface area contributed by atoms with E-state index in [2.05, 4.69) is 0 Å². The van der Waals surface area contributed by atoms with Crippen molar-refractivity contribution in [3.63, 3.8) is 0 Å². The zero-order valence-corrected chi connectivity index (χ0v) is 13.4. The number of anilines is 2. The Bertz CT molecular complexity index is 712. The van der Waals surface area contributed by atoms with Crippen LogP contribution in [0.3, 0.4) is 0 Å². The number of carbonyl (C=O) groups is 2. The molecule has 1 aliphatic heterocycles. The molecule has 24 heavy (non-hydrogen) atoms. The van der Waals surface area contributed by atoms with Gasteiger partial charge in [0.05, 0.1) is 11.4 Å². The van der Waals surface area contributed by atoms with Crippen LogP contribution in [0.4, 0.5) is 15.8 Å². The molecule has 1 fully saturated rings. The molecule has 0 bridgehead atoms. The number of benzene rings is 2. The first kappa shape index (κ1) is 14.9. The van der Waals surface area contributed by atoms with E-state index in [0.29, 0.717) is 17.8 Å². The van der Waals surface area contributed by atoms with Crippen LogP contribution in [-0.2, 0) is 9.59 Å². The van der Waals surface area contributed by atoms with E-state index < -0.39 is 23.9 Å². The van der Waals surface area contributed by atoms with Crippen molar-refractivity contribution in [3.05, 3.63) is 60.7 Å². The summed E-state index contributed by atoms with van der Waals surface area (Å²) in [6, 6.07) is 16.9. The maximum Gasteiger partial charge on any atom is 0.293 e. The first-order valence-corrected chi connectivity index (χ1v) is 7.92. The van der Waals surface area contributed by atoms with Gasteiger partial charge >= 0.3 is 0 Å². The van der Waals surface area contributed by atoms with Gasteiger partial charge in [0.2, 0.25) is 0 Å². The molecular weight excluding hydrogens is 307 g/mol. The van der Waals surface area contributed by atoms with Crippen molar-refractivity contribution in [2.24, 2.45) is 0 Å². The lowest BCUT2D eigenvalue weighted by molar-refractivity contribution is -0.137. The molecule has 3 rings (SSSR count). The second kappa shape index (κ2) is 6.43. The highest BCUT2D eigenvalue weighted by atomic mass is 19.1. The van der Waals surface area contributed by atoms with Gasteiger partial charge in [0, 0.05) is 7.77 Å². The van der Waals surface area contributed by atoms with Gasteiger partial charge in [-0.15, -0.1) is 0 Å². The van der Waals surface area contributed by atoms with Gasteiger partial charge in [-0.2, -0.15) is 0 Å². The minimum absolute atomic E-state index is 0.124. The van der Waals surface area contributed by atoms with Crippen molar-refractivity contribution in [2.45, 2.75) is 31.8 Å². The van der Waals surface area contributed by atoms with E-state index in [9.17, 15) is 9.59 Å². The van der Waals surface area contributed by atoms with Crippen LogP contribution in [-0.4, -0.2) is 17.5 Å². The maximum absolute atomic E-state index is 15.6. The molecule has 2 aromatic carbocycles. The monoisotopic (exact) mass is 327 g/mol. The molecule has 124 valence electrons. The summed E-state index contributed by atoms with van der Waals surface area (Å²) < 4.78 is 23.6. The van der Waals surface area contributed by atoms with Gasteiger partial charge in [-0.05, 0) is 30.7 Å².